The molecule has 0 atom stereocenters. The Morgan fingerprint density at radius 1 is 1.56 bits per heavy atom. The molecule has 1 N–H and O–H groups in total. The van der Waals surface area contributed by atoms with Gasteiger partial charge in [0.05, 0.1) is 9.95 Å². The summed E-state index contributed by atoms with van der Waals surface area (Å²) in [6, 6.07) is 2.63. The topological polar surface area (TPSA) is 93.8 Å². The molecule has 8 heteroatoms. The molecule has 2 heterocycles. The summed E-state index contributed by atoms with van der Waals surface area (Å²) in [6.07, 6.45) is 3.05. The largest absolute Gasteiger partial charge is 0.335 e. The van der Waals surface area contributed by atoms with E-state index in [0.717, 1.165) is 6.07 Å². The van der Waals surface area contributed by atoms with E-state index in [1.165, 1.54) is 10.9 Å². The Kier molecular flexibility index (Phi) is 2.45. The van der Waals surface area contributed by atoms with Gasteiger partial charge in [0.15, 0.2) is 5.82 Å². The van der Waals surface area contributed by atoms with Gasteiger partial charge in [-0.15, -0.1) is 0 Å². The average molecular weight is 241 g/mol. The van der Waals surface area contributed by atoms with Gasteiger partial charge in [-0.3, -0.25) is 19.9 Å². The van der Waals surface area contributed by atoms with E-state index >= 15 is 0 Å². The number of hydrogen-bond donors (Lipinski definition) is 1. The van der Waals surface area contributed by atoms with Crippen LogP contribution in [0.1, 0.15) is 0 Å². The van der Waals surface area contributed by atoms with Crippen molar-refractivity contribution in [1.29, 1.82) is 0 Å². The van der Waals surface area contributed by atoms with Crippen LogP contribution in [0.25, 0.3) is 5.82 Å². The highest BCUT2D eigenvalue weighted by molar-refractivity contribution is 6.32. The van der Waals surface area contributed by atoms with Gasteiger partial charge in [-0.05, 0) is 6.07 Å². The first kappa shape index (κ1) is 10.4. The summed E-state index contributed by atoms with van der Waals surface area (Å²) in [6.45, 7) is 0. The van der Waals surface area contributed by atoms with Gasteiger partial charge in [0, 0.05) is 18.5 Å². The SMILES string of the molecule is O=c1[nH]c(-n2cccn2)c(Cl)cc1[N+](=O)[O-]. The molecule has 7 nitrogen and oxygen atoms in total. The van der Waals surface area contributed by atoms with Crippen molar-refractivity contribution in [3.63, 3.8) is 0 Å². The van der Waals surface area contributed by atoms with Gasteiger partial charge in [-0.25, -0.2) is 4.68 Å². The van der Waals surface area contributed by atoms with E-state index < -0.39 is 16.2 Å². The Hall–Kier alpha value is -2.15. The second-order valence-corrected chi connectivity index (χ2v) is 3.30. The average Bonchev–Trinajstić information content (AvgIpc) is 2.73. The molecule has 0 aliphatic rings. The van der Waals surface area contributed by atoms with Gasteiger partial charge in [0.25, 0.3) is 0 Å². The van der Waals surface area contributed by atoms with Gasteiger partial charge in [-0.1, -0.05) is 11.6 Å². The fourth-order valence-electron chi connectivity index (χ4n) is 1.19. The predicted molar refractivity (Wildman–Crippen MR) is 55.8 cm³/mol. The summed E-state index contributed by atoms with van der Waals surface area (Å²) in [5.41, 5.74) is -1.42. The van der Waals surface area contributed by atoms with E-state index in [4.69, 9.17) is 11.6 Å². The lowest BCUT2D eigenvalue weighted by Crippen LogP contribution is -2.15. The molecule has 0 amide bonds. The van der Waals surface area contributed by atoms with Crippen molar-refractivity contribution in [3.8, 4) is 5.82 Å². The maximum absolute atomic E-state index is 11.3. The number of rotatable bonds is 2. The molecule has 2 aromatic rings. The van der Waals surface area contributed by atoms with Crippen LogP contribution >= 0.6 is 11.6 Å². The van der Waals surface area contributed by atoms with E-state index in [2.05, 4.69) is 10.1 Å². The van der Waals surface area contributed by atoms with E-state index in [9.17, 15) is 14.9 Å². The fraction of sp³-hybridized carbons (Fsp3) is 0. The van der Waals surface area contributed by atoms with Crippen LogP contribution < -0.4 is 5.56 Å². The molecule has 0 fully saturated rings. The van der Waals surface area contributed by atoms with Crippen LogP contribution in [0.3, 0.4) is 0 Å². The first-order chi connectivity index (χ1) is 7.59. The highest BCUT2D eigenvalue weighted by atomic mass is 35.5. The highest BCUT2D eigenvalue weighted by Gasteiger charge is 2.16. The number of nitrogens with zero attached hydrogens (tertiary/aromatic N) is 3. The van der Waals surface area contributed by atoms with Crippen LogP contribution in [0.2, 0.25) is 5.02 Å². The van der Waals surface area contributed by atoms with Crippen molar-refractivity contribution in [2.24, 2.45) is 0 Å². The Bertz CT molecular complexity index is 590. The Morgan fingerprint density at radius 2 is 2.31 bits per heavy atom. The van der Waals surface area contributed by atoms with Crippen LogP contribution in [0.4, 0.5) is 5.69 Å². The van der Waals surface area contributed by atoms with E-state index in [0.29, 0.717) is 0 Å². The summed E-state index contributed by atoms with van der Waals surface area (Å²) in [5, 5.41) is 14.4. The van der Waals surface area contributed by atoms with Crippen molar-refractivity contribution < 1.29 is 4.92 Å². The van der Waals surface area contributed by atoms with E-state index in [1.54, 1.807) is 12.3 Å². The number of halogens is 1. The van der Waals surface area contributed by atoms with Gasteiger partial charge >= 0.3 is 11.2 Å². The van der Waals surface area contributed by atoms with Crippen LogP contribution in [-0.2, 0) is 0 Å². The second kappa shape index (κ2) is 3.78. The minimum atomic E-state index is -0.820. The summed E-state index contributed by atoms with van der Waals surface area (Å²) in [7, 11) is 0. The molecule has 0 bridgehead atoms. The first-order valence-electron chi connectivity index (χ1n) is 4.17. The maximum atomic E-state index is 11.3. The lowest BCUT2D eigenvalue weighted by atomic mass is 10.4. The van der Waals surface area contributed by atoms with Crippen LogP contribution in [0.5, 0.6) is 0 Å². The quantitative estimate of drug-likeness (QED) is 0.629. The van der Waals surface area contributed by atoms with Gasteiger partial charge in [0.2, 0.25) is 0 Å². The Balaban J connectivity index is 2.64. The molecular weight excluding hydrogens is 236 g/mol. The van der Waals surface area contributed by atoms with Crippen LogP contribution in [0, 0.1) is 10.1 Å². The lowest BCUT2D eigenvalue weighted by molar-refractivity contribution is -0.386. The zero-order chi connectivity index (χ0) is 11.7. The lowest BCUT2D eigenvalue weighted by Gasteiger charge is -2.02. The smallest absolute Gasteiger partial charge is 0.300 e. The zero-order valence-corrected chi connectivity index (χ0v) is 8.51. The molecule has 2 rings (SSSR count). The minimum Gasteiger partial charge on any atom is -0.300 e. The third-order valence-electron chi connectivity index (χ3n) is 1.88. The molecule has 0 aromatic carbocycles. The van der Waals surface area contributed by atoms with Crippen LogP contribution in [-0.4, -0.2) is 19.7 Å². The van der Waals surface area contributed by atoms with Crippen molar-refractivity contribution in [1.82, 2.24) is 14.8 Å². The summed E-state index contributed by atoms with van der Waals surface area (Å²) in [5.74, 6) is 0.197. The number of nitro groups is 1. The molecule has 0 saturated heterocycles. The van der Waals surface area contributed by atoms with E-state index in [1.807, 2.05) is 0 Å². The molecule has 0 aliphatic heterocycles. The summed E-state index contributed by atoms with van der Waals surface area (Å²) in [4.78, 5) is 23.3. The molecular formula is C8H5ClN4O3. The molecule has 0 unspecified atom stereocenters. The Labute approximate surface area is 93.4 Å². The molecule has 2 aromatic heterocycles. The van der Waals surface area contributed by atoms with Gasteiger partial charge in [0.1, 0.15) is 0 Å². The summed E-state index contributed by atoms with van der Waals surface area (Å²) < 4.78 is 1.31. The third-order valence-corrected chi connectivity index (χ3v) is 2.17. The highest BCUT2D eigenvalue weighted by Crippen LogP contribution is 2.19. The van der Waals surface area contributed by atoms with Crippen molar-refractivity contribution in [2.75, 3.05) is 0 Å². The molecule has 0 spiro atoms. The Morgan fingerprint density at radius 3 is 2.88 bits per heavy atom. The zero-order valence-electron chi connectivity index (χ0n) is 7.75. The molecule has 0 aliphatic carbocycles. The van der Waals surface area contributed by atoms with Gasteiger partial charge < -0.3 is 0 Å². The normalized spacial score (nSPS) is 10.3. The van der Waals surface area contributed by atoms with E-state index in [-0.39, 0.29) is 10.8 Å². The standard InChI is InChI=1S/C8H5ClN4O3/c9-5-4-6(13(15)16)8(14)11-7(5)12-3-1-2-10-12/h1-4H,(H,11,14). The molecule has 16 heavy (non-hydrogen) atoms. The van der Waals surface area contributed by atoms with Crippen molar-refractivity contribution in [3.05, 3.63) is 50.0 Å². The third kappa shape index (κ3) is 1.68. The van der Waals surface area contributed by atoms with Gasteiger partial charge in [-0.2, -0.15) is 5.10 Å². The van der Waals surface area contributed by atoms with Crippen molar-refractivity contribution >= 4 is 17.3 Å². The predicted octanol–water partition coefficient (Wildman–Crippen LogP) is 1.12. The summed E-state index contributed by atoms with van der Waals surface area (Å²) >= 11 is 5.80. The number of aromatic amines is 1. The maximum Gasteiger partial charge on any atom is 0.335 e. The van der Waals surface area contributed by atoms with Crippen molar-refractivity contribution in [2.45, 2.75) is 0 Å². The number of pyridine rings is 1. The monoisotopic (exact) mass is 240 g/mol. The molecule has 0 saturated carbocycles. The number of hydrogen-bond acceptors (Lipinski definition) is 4. The second-order valence-electron chi connectivity index (χ2n) is 2.89. The van der Waals surface area contributed by atoms with Crippen LogP contribution in [0.15, 0.2) is 29.3 Å². The number of nitrogens with one attached hydrogen (secondary N) is 1. The number of H-pyrrole nitrogens is 1. The first-order valence-corrected chi connectivity index (χ1v) is 4.54. The molecule has 82 valence electrons. The molecule has 0 radical (unpaired) electrons. The minimum absolute atomic E-state index is 0.0509. The number of aromatic nitrogens is 3. The fourth-order valence-corrected chi connectivity index (χ4v) is 1.43.